The Balaban J connectivity index is 1.90. The molecule has 1 aromatic carbocycles. The molecule has 3 rings (SSSR count). The molecule has 0 saturated carbocycles. The highest BCUT2D eigenvalue weighted by molar-refractivity contribution is 5.87. The number of nitrogen functional groups attached to an aromatic ring is 1. The van der Waals surface area contributed by atoms with E-state index in [2.05, 4.69) is 26.6 Å². The molecule has 0 fully saturated rings. The van der Waals surface area contributed by atoms with Crippen molar-refractivity contribution in [2.75, 3.05) is 11.1 Å². The molecule has 0 aliphatic heterocycles. The predicted molar refractivity (Wildman–Crippen MR) is 72.7 cm³/mol. The number of hydrogen-bond donors (Lipinski definition) is 3. The minimum atomic E-state index is 0.437. The van der Waals surface area contributed by atoms with Crippen LogP contribution in [0.25, 0.3) is 11.0 Å². The molecular formula is C13H10N6. The van der Waals surface area contributed by atoms with Crippen LogP contribution >= 0.6 is 0 Å². The van der Waals surface area contributed by atoms with Gasteiger partial charge in [-0.1, -0.05) is 0 Å². The highest BCUT2D eigenvalue weighted by Crippen LogP contribution is 2.20. The summed E-state index contributed by atoms with van der Waals surface area (Å²) in [5.74, 6) is 1.12. The van der Waals surface area contributed by atoms with Crippen LogP contribution in [0.2, 0.25) is 0 Å². The second-order valence-corrected chi connectivity index (χ2v) is 4.02. The number of aromatic amines is 1. The lowest BCUT2D eigenvalue weighted by molar-refractivity contribution is 1.10. The SMILES string of the molecule is N#Cc1ccc(Nc2ccc3c(N)n[nH]c3n2)cc1. The van der Waals surface area contributed by atoms with Gasteiger partial charge in [0.15, 0.2) is 11.5 Å². The van der Waals surface area contributed by atoms with Crippen LogP contribution < -0.4 is 11.1 Å². The molecule has 0 unspecified atom stereocenters. The van der Waals surface area contributed by atoms with Gasteiger partial charge in [-0.25, -0.2) is 4.98 Å². The zero-order valence-electron chi connectivity index (χ0n) is 9.88. The van der Waals surface area contributed by atoms with Crippen LogP contribution in [0.15, 0.2) is 36.4 Å². The summed E-state index contributed by atoms with van der Waals surface area (Å²) in [5.41, 5.74) is 7.79. The molecule has 6 heteroatoms. The third-order valence-electron chi connectivity index (χ3n) is 2.74. The van der Waals surface area contributed by atoms with Crippen molar-refractivity contribution in [1.29, 1.82) is 5.26 Å². The molecule has 6 nitrogen and oxygen atoms in total. The van der Waals surface area contributed by atoms with E-state index in [9.17, 15) is 0 Å². The number of anilines is 3. The molecule has 0 spiro atoms. The van der Waals surface area contributed by atoms with Crippen LogP contribution in [0, 0.1) is 11.3 Å². The molecule has 4 N–H and O–H groups in total. The molecule has 0 aliphatic carbocycles. The molecule has 3 aromatic rings. The van der Waals surface area contributed by atoms with Gasteiger partial charge in [0, 0.05) is 5.69 Å². The third-order valence-corrected chi connectivity index (χ3v) is 2.74. The van der Waals surface area contributed by atoms with Gasteiger partial charge in [-0.3, -0.25) is 5.10 Å². The standard InChI is InChI=1S/C13H10N6/c14-7-8-1-3-9(4-2-8)16-11-6-5-10-12(15)18-19-13(10)17-11/h1-6H,(H4,15,16,17,18,19). The quantitative estimate of drug-likeness (QED) is 0.646. The van der Waals surface area contributed by atoms with Gasteiger partial charge in [-0.05, 0) is 36.4 Å². The fraction of sp³-hybridized carbons (Fsp3) is 0. The van der Waals surface area contributed by atoms with Crippen LogP contribution in [-0.4, -0.2) is 15.2 Å². The molecule has 0 radical (unpaired) electrons. The topological polar surface area (TPSA) is 103 Å². The Morgan fingerprint density at radius 1 is 1.16 bits per heavy atom. The van der Waals surface area contributed by atoms with Gasteiger partial charge in [-0.2, -0.15) is 10.4 Å². The first-order valence-corrected chi connectivity index (χ1v) is 5.64. The second kappa shape index (κ2) is 4.31. The zero-order chi connectivity index (χ0) is 13.2. The number of nitrogens with one attached hydrogen (secondary N) is 2. The minimum Gasteiger partial charge on any atom is -0.382 e. The molecule has 0 amide bonds. The Morgan fingerprint density at radius 3 is 2.68 bits per heavy atom. The zero-order valence-corrected chi connectivity index (χ0v) is 9.88. The van der Waals surface area contributed by atoms with Gasteiger partial charge >= 0.3 is 0 Å². The Hall–Kier alpha value is -3.07. The van der Waals surface area contributed by atoms with Crippen molar-refractivity contribution in [2.45, 2.75) is 0 Å². The highest BCUT2D eigenvalue weighted by atomic mass is 15.2. The molecule has 0 aliphatic rings. The van der Waals surface area contributed by atoms with E-state index in [0.717, 1.165) is 11.1 Å². The summed E-state index contributed by atoms with van der Waals surface area (Å²) in [6.45, 7) is 0. The summed E-state index contributed by atoms with van der Waals surface area (Å²) in [4.78, 5) is 4.36. The molecule has 2 aromatic heterocycles. The lowest BCUT2D eigenvalue weighted by atomic mass is 10.2. The van der Waals surface area contributed by atoms with Gasteiger partial charge in [0.25, 0.3) is 0 Å². The van der Waals surface area contributed by atoms with Gasteiger partial charge < -0.3 is 11.1 Å². The van der Waals surface area contributed by atoms with E-state index < -0.39 is 0 Å². The van der Waals surface area contributed by atoms with Crippen LogP contribution in [0.5, 0.6) is 0 Å². The first-order chi connectivity index (χ1) is 9.26. The Kier molecular flexibility index (Phi) is 2.50. The number of nitrogens with zero attached hydrogens (tertiary/aromatic N) is 3. The normalized spacial score (nSPS) is 10.3. The van der Waals surface area contributed by atoms with Gasteiger partial charge in [0.1, 0.15) is 5.82 Å². The number of rotatable bonds is 2. The second-order valence-electron chi connectivity index (χ2n) is 4.02. The average Bonchev–Trinajstić information content (AvgIpc) is 2.81. The van der Waals surface area contributed by atoms with Crippen LogP contribution in [0.1, 0.15) is 5.56 Å². The lowest BCUT2D eigenvalue weighted by Crippen LogP contribution is -1.93. The number of H-pyrrole nitrogens is 1. The smallest absolute Gasteiger partial charge is 0.159 e. The van der Waals surface area contributed by atoms with E-state index >= 15 is 0 Å². The molecule has 19 heavy (non-hydrogen) atoms. The number of pyridine rings is 1. The van der Waals surface area contributed by atoms with Crippen molar-refractivity contribution in [3.05, 3.63) is 42.0 Å². The first-order valence-electron chi connectivity index (χ1n) is 5.64. The first kappa shape index (κ1) is 11.0. The van der Waals surface area contributed by atoms with E-state index in [0.29, 0.717) is 22.8 Å². The Bertz CT molecular complexity index is 766. The number of benzene rings is 1. The van der Waals surface area contributed by atoms with Crippen LogP contribution in [-0.2, 0) is 0 Å². The largest absolute Gasteiger partial charge is 0.382 e. The molecule has 0 bridgehead atoms. The average molecular weight is 250 g/mol. The molecule has 0 atom stereocenters. The summed E-state index contributed by atoms with van der Waals surface area (Å²) >= 11 is 0. The van der Waals surface area contributed by atoms with E-state index in [1.54, 1.807) is 12.1 Å². The van der Waals surface area contributed by atoms with Crippen molar-refractivity contribution in [1.82, 2.24) is 15.2 Å². The molecular weight excluding hydrogens is 240 g/mol. The Labute approximate surface area is 108 Å². The van der Waals surface area contributed by atoms with Crippen molar-refractivity contribution in [3.8, 4) is 6.07 Å². The van der Waals surface area contributed by atoms with Crippen molar-refractivity contribution < 1.29 is 0 Å². The van der Waals surface area contributed by atoms with Crippen molar-refractivity contribution >= 4 is 28.4 Å². The highest BCUT2D eigenvalue weighted by Gasteiger charge is 2.04. The minimum absolute atomic E-state index is 0.437. The fourth-order valence-electron chi connectivity index (χ4n) is 1.77. The van der Waals surface area contributed by atoms with Crippen molar-refractivity contribution in [3.63, 3.8) is 0 Å². The number of nitrogens with two attached hydrogens (primary N) is 1. The van der Waals surface area contributed by atoms with Gasteiger partial charge in [0.2, 0.25) is 0 Å². The van der Waals surface area contributed by atoms with Crippen LogP contribution in [0.3, 0.4) is 0 Å². The lowest BCUT2D eigenvalue weighted by Gasteiger charge is -2.05. The molecule has 2 heterocycles. The summed E-state index contributed by atoms with van der Waals surface area (Å²) in [6, 6.07) is 12.9. The summed E-state index contributed by atoms with van der Waals surface area (Å²) in [6.07, 6.45) is 0. The van der Waals surface area contributed by atoms with Crippen LogP contribution in [0.4, 0.5) is 17.3 Å². The van der Waals surface area contributed by atoms with E-state index in [1.807, 2.05) is 24.3 Å². The van der Waals surface area contributed by atoms with Crippen molar-refractivity contribution in [2.24, 2.45) is 0 Å². The van der Waals surface area contributed by atoms with Gasteiger partial charge in [-0.15, -0.1) is 0 Å². The van der Waals surface area contributed by atoms with E-state index in [-0.39, 0.29) is 0 Å². The predicted octanol–water partition coefficient (Wildman–Crippen LogP) is 2.16. The Morgan fingerprint density at radius 2 is 1.95 bits per heavy atom. The van der Waals surface area contributed by atoms with E-state index in [1.165, 1.54) is 0 Å². The number of hydrogen-bond acceptors (Lipinski definition) is 5. The maximum absolute atomic E-state index is 8.73. The number of nitriles is 1. The number of fused-ring (bicyclic) bond motifs is 1. The summed E-state index contributed by atoms with van der Waals surface area (Å²) < 4.78 is 0. The fourth-order valence-corrected chi connectivity index (χ4v) is 1.77. The number of aromatic nitrogens is 3. The molecule has 92 valence electrons. The maximum atomic E-state index is 8.73. The summed E-state index contributed by atoms with van der Waals surface area (Å²) in [5, 5.41) is 19.3. The third kappa shape index (κ3) is 2.05. The maximum Gasteiger partial charge on any atom is 0.159 e. The molecule has 0 saturated heterocycles. The summed E-state index contributed by atoms with van der Waals surface area (Å²) in [7, 11) is 0. The monoisotopic (exact) mass is 250 g/mol. The van der Waals surface area contributed by atoms with E-state index in [4.69, 9.17) is 11.0 Å². The van der Waals surface area contributed by atoms with Gasteiger partial charge in [0.05, 0.1) is 17.0 Å².